The zero-order valence-corrected chi connectivity index (χ0v) is 21.5. The van der Waals surface area contributed by atoms with Gasteiger partial charge in [0.1, 0.15) is 12.6 Å². The molecule has 10 heteroatoms. The zero-order valence-electron chi connectivity index (χ0n) is 19.9. The zero-order chi connectivity index (χ0) is 25.7. The SMILES string of the molecule is CC(C)(N)C(=O)N[C@H](COCc1ccccc1)c1nnc2c(OCc3cccc(Cl)c3Cl)cccn12. The van der Waals surface area contributed by atoms with E-state index in [1.807, 2.05) is 48.5 Å². The number of hydrogen-bond acceptors (Lipinski definition) is 6. The number of aromatic nitrogens is 3. The second-order valence-corrected chi connectivity index (χ2v) is 9.66. The van der Waals surface area contributed by atoms with E-state index < -0.39 is 11.6 Å². The van der Waals surface area contributed by atoms with Crippen molar-refractivity contribution in [3.8, 4) is 5.75 Å². The lowest BCUT2D eigenvalue weighted by atomic mass is 10.1. The molecule has 4 rings (SSSR count). The Morgan fingerprint density at radius 1 is 1.06 bits per heavy atom. The molecule has 0 aliphatic rings. The standard InChI is InChI=1S/C26H27Cl2N5O3/c1-26(2,29)25(34)30-20(16-35-14-17-8-4-3-5-9-17)23-31-32-24-21(12-7-13-33(23)24)36-15-18-10-6-11-19(27)22(18)28/h3-13,20H,14-16,29H2,1-2H3,(H,30,34)/t20-/m1/s1. The highest BCUT2D eigenvalue weighted by molar-refractivity contribution is 6.42. The number of halogens is 2. The van der Waals surface area contributed by atoms with E-state index in [1.165, 1.54) is 0 Å². The Labute approximate surface area is 219 Å². The van der Waals surface area contributed by atoms with Crippen molar-refractivity contribution in [1.82, 2.24) is 19.9 Å². The average molecular weight is 528 g/mol. The minimum atomic E-state index is -1.08. The van der Waals surface area contributed by atoms with Gasteiger partial charge in [0.15, 0.2) is 11.6 Å². The number of carbonyl (C=O) groups is 1. The van der Waals surface area contributed by atoms with Gasteiger partial charge in [-0.2, -0.15) is 0 Å². The van der Waals surface area contributed by atoms with Crippen LogP contribution in [-0.2, 0) is 22.7 Å². The number of pyridine rings is 1. The van der Waals surface area contributed by atoms with Crippen molar-refractivity contribution < 1.29 is 14.3 Å². The summed E-state index contributed by atoms with van der Waals surface area (Å²) < 4.78 is 13.7. The highest BCUT2D eigenvalue weighted by Gasteiger charge is 2.28. The predicted octanol–water partition coefficient (Wildman–Crippen LogP) is 4.73. The Hall–Kier alpha value is -3.17. The number of amides is 1. The Balaban J connectivity index is 1.57. The summed E-state index contributed by atoms with van der Waals surface area (Å²) in [5.41, 5.74) is 7.19. The third kappa shape index (κ3) is 6.14. The van der Waals surface area contributed by atoms with E-state index in [4.69, 9.17) is 38.4 Å². The molecule has 2 aromatic carbocycles. The van der Waals surface area contributed by atoms with Crippen molar-refractivity contribution >= 4 is 34.8 Å². The van der Waals surface area contributed by atoms with Gasteiger partial charge in [-0.1, -0.05) is 65.7 Å². The summed E-state index contributed by atoms with van der Waals surface area (Å²) >= 11 is 12.4. The second kappa shape index (κ2) is 11.3. The molecule has 0 fully saturated rings. The third-order valence-corrected chi connectivity index (χ3v) is 6.30. The van der Waals surface area contributed by atoms with Crippen LogP contribution in [0.4, 0.5) is 0 Å². The van der Waals surface area contributed by atoms with Crippen LogP contribution in [0.15, 0.2) is 66.9 Å². The Morgan fingerprint density at radius 2 is 1.83 bits per heavy atom. The molecule has 1 atom stereocenters. The lowest BCUT2D eigenvalue weighted by Gasteiger charge is -2.23. The maximum atomic E-state index is 12.7. The van der Waals surface area contributed by atoms with E-state index >= 15 is 0 Å². The van der Waals surface area contributed by atoms with E-state index in [0.717, 1.165) is 11.1 Å². The van der Waals surface area contributed by atoms with Crippen LogP contribution in [0.1, 0.15) is 36.8 Å². The van der Waals surface area contributed by atoms with Crippen molar-refractivity contribution in [3.63, 3.8) is 0 Å². The summed E-state index contributed by atoms with van der Waals surface area (Å²) in [5, 5.41) is 12.5. The monoisotopic (exact) mass is 527 g/mol. The highest BCUT2D eigenvalue weighted by Crippen LogP contribution is 2.28. The van der Waals surface area contributed by atoms with Crippen LogP contribution < -0.4 is 15.8 Å². The van der Waals surface area contributed by atoms with Crippen LogP contribution in [0, 0.1) is 0 Å². The van der Waals surface area contributed by atoms with Crippen molar-refractivity contribution in [3.05, 3.63) is 93.9 Å². The number of benzene rings is 2. The van der Waals surface area contributed by atoms with Gasteiger partial charge in [0, 0.05) is 11.8 Å². The summed E-state index contributed by atoms with van der Waals surface area (Å²) in [4.78, 5) is 12.7. The van der Waals surface area contributed by atoms with E-state index in [9.17, 15) is 4.79 Å². The molecule has 3 N–H and O–H groups in total. The number of nitrogens with zero attached hydrogens (tertiary/aromatic N) is 3. The minimum absolute atomic E-state index is 0.167. The fraction of sp³-hybridized carbons (Fsp3) is 0.269. The first-order valence-electron chi connectivity index (χ1n) is 11.3. The van der Waals surface area contributed by atoms with E-state index in [2.05, 4.69) is 15.5 Å². The maximum Gasteiger partial charge on any atom is 0.240 e. The van der Waals surface area contributed by atoms with Gasteiger partial charge < -0.3 is 20.5 Å². The van der Waals surface area contributed by atoms with Gasteiger partial charge in [-0.05, 0) is 37.6 Å². The number of nitrogens with one attached hydrogen (secondary N) is 1. The second-order valence-electron chi connectivity index (χ2n) is 8.87. The predicted molar refractivity (Wildman–Crippen MR) is 139 cm³/mol. The summed E-state index contributed by atoms with van der Waals surface area (Å²) in [7, 11) is 0. The van der Waals surface area contributed by atoms with Gasteiger partial charge in [-0.3, -0.25) is 9.20 Å². The molecule has 0 aliphatic carbocycles. The van der Waals surface area contributed by atoms with Gasteiger partial charge in [-0.15, -0.1) is 10.2 Å². The average Bonchev–Trinajstić information content (AvgIpc) is 3.29. The Morgan fingerprint density at radius 3 is 2.58 bits per heavy atom. The highest BCUT2D eigenvalue weighted by atomic mass is 35.5. The number of hydrogen-bond donors (Lipinski definition) is 2. The summed E-state index contributed by atoms with van der Waals surface area (Å²) in [6, 6.07) is 18.1. The summed E-state index contributed by atoms with van der Waals surface area (Å²) in [6.45, 7) is 4.02. The topological polar surface area (TPSA) is 104 Å². The number of nitrogens with two attached hydrogens (primary N) is 1. The van der Waals surface area contributed by atoms with Crippen LogP contribution in [0.3, 0.4) is 0 Å². The molecule has 188 valence electrons. The van der Waals surface area contributed by atoms with Crippen LogP contribution in [0.25, 0.3) is 5.65 Å². The largest absolute Gasteiger partial charge is 0.485 e. The van der Waals surface area contributed by atoms with Crippen molar-refractivity contribution in [2.24, 2.45) is 5.73 Å². The smallest absolute Gasteiger partial charge is 0.240 e. The van der Waals surface area contributed by atoms with E-state index in [0.29, 0.717) is 33.9 Å². The molecule has 4 aromatic rings. The molecule has 0 saturated heterocycles. The molecule has 0 unspecified atom stereocenters. The minimum Gasteiger partial charge on any atom is -0.485 e. The number of carbonyl (C=O) groups excluding carboxylic acids is 1. The lowest BCUT2D eigenvalue weighted by Crippen LogP contribution is -2.50. The molecule has 2 heterocycles. The molecule has 0 bridgehead atoms. The van der Waals surface area contributed by atoms with Crippen molar-refractivity contribution in [2.75, 3.05) is 6.61 Å². The molecule has 2 aromatic heterocycles. The summed E-state index contributed by atoms with van der Waals surface area (Å²) in [6.07, 6.45) is 1.80. The van der Waals surface area contributed by atoms with Crippen LogP contribution in [0.5, 0.6) is 5.75 Å². The van der Waals surface area contributed by atoms with Crippen molar-refractivity contribution in [2.45, 2.75) is 38.6 Å². The number of ether oxygens (including phenoxy) is 2. The Bertz CT molecular complexity index is 1340. The number of rotatable bonds is 10. The van der Waals surface area contributed by atoms with Gasteiger partial charge in [0.05, 0.1) is 28.8 Å². The van der Waals surface area contributed by atoms with E-state index in [1.54, 1.807) is 36.6 Å². The molecule has 0 spiro atoms. The van der Waals surface area contributed by atoms with Gasteiger partial charge >= 0.3 is 0 Å². The normalized spacial score (nSPS) is 12.5. The molecule has 0 radical (unpaired) electrons. The fourth-order valence-electron chi connectivity index (χ4n) is 3.47. The van der Waals surface area contributed by atoms with Gasteiger partial charge in [-0.25, -0.2) is 0 Å². The molecule has 36 heavy (non-hydrogen) atoms. The van der Waals surface area contributed by atoms with Crippen LogP contribution in [0.2, 0.25) is 10.0 Å². The van der Waals surface area contributed by atoms with E-state index in [-0.39, 0.29) is 19.1 Å². The first-order chi connectivity index (χ1) is 17.2. The molecular weight excluding hydrogens is 501 g/mol. The fourth-order valence-corrected chi connectivity index (χ4v) is 3.84. The van der Waals surface area contributed by atoms with Crippen LogP contribution >= 0.6 is 23.2 Å². The first-order valence-corrected chi connectivity index (χ1v) is 12.1. The quantitative estimate of drug-likeness (QED) is 0.309. The summed E-state index contributed by atoms with van der Waals surface area (Å²) in [5.74, 6) is 0.652. The Kier molecular flexibility index (Phi) is 8.11. The van der Waals surface area contributed by atoms with Gasteiger partial charge in [0.2, 0.25) is 11.6 Å². The van der Waals surface area contributed by atoms with Crippen LogP contribution in [-0.4, -0.2) is 32.7 Å². The molecular formula is C26H27Cl2N5O3. The first kappa shape index (κ1) is 25.9. The molecule has 0 saturated carbocycles. The van der Waals surface area contributed by atoms with Gasteiger partial charge in [0.25, 0.3) is 0 Å². The lowest BCUT2D eigenvalue weighted by molar-refractivity contribution is -0.126. The number of fused-ring (bicyclic) bond motifs is 1. The third-order valence-electron chi connectivity index (χ3n) is 5.44. The molecule has 0 aliphatic heterocycles. The molecule has 8 nitrogen and oxygen atoms in total. The molecule has 1 amide bonds. The van der Waals surface area contributed by atoms with Crippen molar-refractivity contribution in [1.29, 1.82) is 0 Å². The maximum absolute atomic E-state index is 12.7.